The van der Waals surface area contributed by atoms with Crippen molar-refractivity contribution < 1.29 is 82.5 Å². The number of aliphatic hydroxyl groups is 7. The molecule has 19 heteroatoms. The molecule has 0 aromatic rings. The van der Waals surface area contributed by atoms with Gasteiger partial charge in [0, 0.05) is 6.42 Å². The summed E-state index contributed by atoms with van der Waals surface area (Å²) >= 11 is 0. The Bertz CT molecular complexity index is 1490. The van der Waals surface area contributed by atoms with Crippen LogP contribution in [0.3, 0.4) is 0 Å². The number of carbonyl (C=O) groups is 1. The predicted octanol–water partition coefficient (Wildman–Crippen LogP) is 7.87. The van der Waals surface area contributed by atoms with Crippen molar-refractivity contribution in [2.75, 3.05) is 54.1 Å². The number of nitrogens with zero attached hydrogens (tertiary/aromatic N) is 1. The maximum atomic E-state index is 13.3. The number of unbranched alkanes of at least 4 members (excludes halogenated alkanes) is 25. The average Bonchev–Trinajstić information content (AvgIpc) is 3.35. The number of carbonyl (C=O) groups excluding carboxylic acids is 1. The lowest BCUT2D eigenvalue weighted by molar-refractivity contribution is -0.870. The first-order chi connectivity index (χ1) is 35.8. The van der Waals surface area contributed by atoms with Crippen molar-refractivity contribution in [2.45, 2.75) is 281 Å². The molecule has 444 valence electrons. The zero-order valence-electron chi connectivity index (χ0n) is 47.4. The Kier molecular flexibility index (Phi) is 38.2. The van der Waals surface area contributed by atoms with Crippen molar-refractivity contribution in [1.29, 1.82) is 0 Å². The second kappa shape index (κ2) is 40.9. The average molecular weight is 1100 g/mol. The molecular formula is C56H110N2O16P+. The van der Waals surface area contributed by atoms with Crippen LogP contribution in [0.1, 0.15) is 207 Å². The van der Waals surface area contributed by atoms with Gasteiger partial charge in [0.1, 0.15) is 62.0 Å². The van der Waals surface area contributed by atoms with Gasteiger partial charge in [-0.15, -0.1) is 0 Å². The summed E-state index contributed by atoms with van der Waals surface area (Å²) in [5.74, 6) is 0.474. The number of phosphoric acid groups is 1. The number of allylic oxidation sites excluding steroid dienone is 1. The van der Waals surface area contributed by atoms with Crippen LogP contribution in [-0.2, 0) is 37.4 Å². The van der Waals surface area contributed by atoms with Crippen molar-refractivity contribution in [3.8, 4) is 0 Å². The highest BCUT2D eigenvalue weighted by Crippen LogP contribution is 2.44. The van der Waals surface area contributed by atoms with E-state index in [1.54, 1.807) is 6.08 Å². The van der Waals surface area contributed by atoms with Crippen LogP contribution < -0.4 is 5.32 Å². The smallest absolute Gasteiger partial charge is 0.387 e. The summed E-state index contributed by atoms with van der Waals surface area (Å²) in [6.07, 6.45) is 19.7. The van der Waals surface area contributed by atoms with E-state index in [2.05, 4.69) is 26.1 Å². The molecule has 18 nitrogen and oxygen atoms in total. The highest BCUT2D eigenvalue weighted by Gasteiger charge is 2.48. The molecule has 0 saturated carbocycles. The van der Waals surface area contributed by atoms with Crippen LogP contribution in [0.15, 0.2) is 12.2 Å². The standard InChI is InChI=1S/C56H109N2O16P/c1-7-8-9-10-11-12-13-14-15-16-17-18-19-20-21-25-28-31-34-37-48(60)57-44(45(59)36-33-30-27-24-22-23-26-29-32-35-43(2)3)40-69-55-53(65)51(63)49(61)46(73-55)41-70-56-54(66)52(64)50(62)47(74-56)42-72-75(67,68)71-39-38-58(4,5)6/h33,36,43-47,49-56,59,61-66H,7-32,34-35,37-42H2,1-6H3,(H-,57,60,67,68)/p+1/b36-33+/t44-,45+,46+,47+,49-,50-,51-,52-,53+,54+,55+,56+/m0/s1. The quantitative estimate of drug-likeness (QED) is 0.0122. The van der Waals surface area contributed by atoms with Crippen molar-refractivity contribution in [3.05, 3.63) is 12.2 Å². The van der Waals surface area contributed by atoms with Crippen molar-refractivity contribution in [3.63, 3.8) is 0 Å². The molecule has 2 aliphatic heterocycles. The van der Waals surface area contributed by atoms with Gasteiger partial charge < -0.3 is 69.4 Å². The monoisotopic (exact) mass is 1100 g/mol. The molecule has 9 N–H and O–H groups in total. The van der Waals surface area contributed by atoms with Crippen LogP contribution in [0.5, 0.6) is 0 Å². The second-order valence-corrected chi connectivity index (χ2v) is 24.4. The van der Waals surface area contributed by atoms with E-state index in [1.807, 2.05) is 27.2 Å². The summed E-state index contributed by atoms with van der Waals surface area (Å²) in [6.45, 7) is 5.38. The first kappa shape index (κ1) is 69.9. The third kappa shape index (κ3) is 32.6. The minimum Gasteiger partial charge on any atom is -0.387 e. The third-order valence-corrected chi connectivity index (χ3v) is 15.4. The third-order valence-electron chi connectivity index (χ3n) is 14.4. The number of aliphatic hydroxyl groups excluding tert-OH is 7. The number of hydrogen-bond donors (Lipinski definition) is 9. The predicted molar refractivity (Wildman–Crippen MR) is 291 cm³/mol. The lowest BCUT2D eigenvalue weighted by atomic mass is 9.98. The van der Waals surface area contributed by atoms with E-state index in [9.17, 15) is 50.0 Å². The van der Waals surface area contributed by atoms with Gasteiger partial charge in [0.15, 0.2) is 12.6 Å². The van der Waals surface area contributed by atoms with Gasteiger partial charge in [0.25, 0.3) is 0 Å². The lowest BCUT2D eigenvalue weighted by Crippen LogP contribution is -2.62. The number of hydrogen-bond acceptors (Lipinski definition) is 15. The summed E-state index contributed by atoms with van der Waals surface area (Å²) in [4.78, 5) is 23.5. The molecular weight excluding hydrogens is 988 g/mol. The van der Waals surface area contributed by atoms with Gasteiger partial charge in [-0.25, -0.2) is 4.57 Å². The molecule has 2 aliphatic rings. The normalized spacial score (nSPS) is 26.2. The minimum absolute atomic E-state index is 0.112. The molecule has 0 aromatic carbocycles. The largest absolute Gasteiger partial charge is 0.472 e. The van der Waals surface area contributed by atoms with E-state index >= 15 is 0 Å². The maximum absolute atomic E-state index is 13.3. The van der Waals surface area contributed by atoms with Crippen LogP contribution in [0.25, 0.3) is 0 Å². The molecule has 0 spiro atoms. The van der Waals surface area contributed by atoms with E-state index in [0.29, 0.717) is 17.4 Å². The molecule has 13 atom stereocenters. The fourth-order valence-electron chi connectivity index (χ4n) is 9.34. The number of quaternary nitrogens is 1. The first-order valence-electron chi connectivity index (χ1n) is 29.4. The number of ether oxygens (including phenoxy) is 4. The van der Waals surface area contributed by atoms with Gasteiger partial charge in [0.2, 0.25) is 5.91 Å². The number of amides is 1. The Labute approximate surface area is 452 Å². The van der Waals surface area contributed by atoms with Crippen LogP contribution in [0.4, 0.5) is 0 Å². The van der Waals surface area contributed by atoms with Crippen LogP contribution in [0, 0.1) is 5.92 Å². The van der Waals surface area contributed by atoms with Crippen LogP contribution in [-0.4, -0.2) is 179 Å². The summed E-state index contributed by atoms with van der Waals surface area (Å²) < 4.78 is 46.0. The highest BCUT2D eigenvalue weighted by molar-refractivity contribution is 7.47. The molecule has 0 aliphatic carbocycles. The topological polar surface area (TPSA) is 263 Å². The molecule has 2 fully saturated rings. The number of nitrogens with one attached hydrogen (secondary N) is 1. The van der Waals surface area contributed by atoms with E-state index in [4.69, 9.17) is 28.0 Å². The number of phosphoric ester groups is 1. The van der Waals surface area contributed by atoms with Gasteiger partial charge in [-0.3, -0.25) is 13.8 Å². The van der Waals surface area contributed by atoms with E-state index in [0.717, 1.165) is 50.9 Å². The highest BCUT2D eigenvalue weighted by atomic mass is 31.2. The van der Waals surface area contributed by atoms with E-state index in [-0.39, 0.29) is 25.5 Å². The van der Waals surface area contributed by atoms with Gasteiger partial charge in [-0.05, 0) is 25.2 Å². The van der Waals surface area contributed by atoms with Gasteiger partial charge in [0.05, 0.1) is 53.1 Å². The molecule has 1 unspecified atom stereocenters. The SMILES string of the molecule is CCCCCCCCCCCCCCCCCCCCCC(=O)N[C@@H](CO[C@@H]1O[C@H](CO[C@@H]2O[C@H](COP(=O)(O)OCC[N+](C)(C)C)[C@H](O)[C@H](O)[C@H]2O)[C@H](O)[C@H](O)[C@H]1O)[C@H](O)/C=C/CCCCCCCCCC(C)C. The second-order valence-electron chi connectivity index (χ2n) is 23.0. The molecule has 2 heterocycles. The summed E-state index contributed by atoms with van der Waals surface area (Å²) in [5, 5.41) is 78.7. The van der Waals surface area contributed by atoms with Crippen molar-refractivity contribution >= 4 is 13.7 Å². The van der Waals surface area contributed by atoms with Crippen molar-refractivity contribution in [1.82, 2.24) is 5.32 Å². The minimum atomic E-state index is -4.60. The first-order valence-corrected chi connectivity index (χ1v) is 30.9. The number of likely N-dealkylation sites (N-methyl/N-ethyl adjacent to an activating group) is 1. The fourth-order valence-corrected chi connectivity index (χ4v) is 10.1. The van der Waals surface area contributed by atoms with E-state index in [1.165, 1.54) is 128 Å². The molecule has 1 amide bonds. The molecule has 0 bridgehead atoms. The van der Waals surface area contributed by atoms with Gasteiger partial charge in [-0.2, -0.15) is 0 Å². The van der Waals surface area contributed by atoms with Crippen LogP contribution in [0.2, 0.25) is 0 Å². The molecule has 2 rings (SSSR count). The molecule has 75 heavy (non-hydrogen) atoms. The Morgan fingerprint density at radius 1 is 0.600 bits per heavy atom. The zero-order chi connectivity index (χ0) is 55.5. The summed E-state index contributed by atoms with van der Waals surface area (Å²) in [7, 11) is 0.993. The zero-order valence-corrected chi connectivity index (χ0v) is 48.3. The molecule has 0 aromatic heterocycles. The van der Waals surface area contributed by atoms with Crippen molar-refractivity contribution in [2.24, 2.45) is 5.92 Å². The molecule has 0 radical (unpaired) electrons. The fraction of sp³-hybridized carbons (Fsp3) is 0.946. The van der Waals surface area contributed by atoms with E-state index < -0.39 is 94.6 Å². The lowest BCUT2D eigenvalue weighted by Gasteiger charge is -2.43. The molecule has 2 saturated heterocycles. The maximum Gasteiger partial charge on any atom is 0.472 e. The Morgan fingerprint density at radius 3 is 1.52 bits per heavy atom. The van der Waals surface area contributed by atoms with Gasteiger partial charge in [-0.1, -0.05) is 193 Å². The Balaban J connectivity index is 1.90. The Morgan fingerprint density at radius 2 is 1.04 bits per heavy atom. The van der Waals surface area contributed by atoms with Crippen LogP contribution >= 0.6 is 7.82 Å². The summed E-state index contributed by atoms with van der Waals surface area (Å²) in [6, 6.07) is -0.954. The Hall–Kier alpha value is -1.16. The summed E-state index contributed by atoms with van der Waals surface area (Å²) in [5.41, 5.74) is 0. The number of rotatable bonds is 46. The van der Waals surface area contributed by atoms with Gasteiger partial charge >= 0.3 is 7.82 Å².